The quantitative estimate of drug-likeness (QED) is 0.774. The molecule has 0 unspecified atom stereocenters. The van der Waals surface area contributed by atoms with E-state index in [0.29, 0.717) is 17.2 Å². The molecule has 2 saturated heterocycles. The highest BCUT2D eigenvalue weighted by Gasteiger charge is 2.50. The third kappa shape index (κ3) is 3.55. The summed E-state index contributed by atoms with van der Waals surface area (Å²) in [6.45, 7) is 4.49. The molecular formula is C20H30N4O3S. The van der Waals surface area contributed by atoms with Crippen LogP contribution < -0.4 is 10.2 Å². The number of aryl methyl sites for hydroxylation is 1. The Bertz CT molecular complexity index is 756. The maximum absolute atomic E-state index is 12.5. The second kappa shape index (κ2) is 7.54. The number of nitrogens with zero attached hydrogens (tertiary/aromatic N) is 3. The second-order valence-corrected chi connectivity index (χ2v) is 10.5. The molecular weight excluding hydrogens is 376 g/mol. The average molecular weight is 407 g/mol. The van der Waals surface area contributed by atoms with Crippen LogP contribution in [-0.2, 0) is 26.7 Å². The molecule has 0 aromatic carbocycles. The molecule has 7 nitrogen and oxygen atoms in total. The Morgan fingerprint density at radius 2 is 2.00 bits per heavy atom. The van der Waals surface area contributed by atoms with E-state index in [1.54, 1.807) is 0 Å². The normalized spacial score (nSPS) is 26.5. The molecule has 8 heteroatoms. The van der Waals surface area contributed by atoms with Crippen LogP contribution in [0.15, 0.2) is 4.90 Å². The smallest absolute Gasteiger partial charge is 0.227 e. The van der Waals surface area contributed by atoms with Gasteiger partial charge in [-0.2, -0.15) is 4.98 Å². The third-order valence-corrected chi connectivity index (χ3v) is 8.21. The van der Waals surface area contributed by atoms with Crippen molar-refractivity contribution < 1.29 is 13.7 Å². The van der Waals surface area contributed by atoms with E-state index in [1.165, 1.54) is 0 Å². The van der Waals surface area contributed by atoms with Crippen molar-refractivity contribution in [3.05, 3.63) is 5.69 Å². The van der Waals surface area contributed by atoms with E-state index in [9.17, 15) is 4.21 Å². The fourth-order valence-corrected chi connectivity index (χ4v) is 6.18. The van der Waals surface area contributed by atoms with Gasteiger partial charge < -0.3 is 19.7 Å². The van der Waals surface area contributed by atoms with Crippen LogP contribution in [0.1, 0.15) is 37.8 Å². The minimum absolute atomic E-state index is 0.399. The predicted molar refractivity (Wildman–Crippen MR) is 108 cm³/mol. The van der Waals surface area contributed by atoms with Gasteiger partial charge in [-0.3, -0.25) is 4.21 Å². The maximum atomic E-state index is 12.5. The van der Waals surface area contributed by atoms with Gasteiger partial charge in [0.15, 0.2) is 0 Å². The first kappa shape index (κ1) is 18.8. The molecule has 3 fully saturated rings. The van der Waals surface area contributed by atoms with Crippen LogP contribution in [-0.4, -0.2) is 66.0 Å². The number of fused-ring (bicyclic) bond motifs is 1. The topological polar surface area (TPSA) is 76.6 Å². The fourth-order valence-electron chi connectivity index (χ4n) is 4.87. The summed E-state index contributed by atoms with van der Waals surface area (Å²) in [5.41, 5.74) is 1.36. The molecule has 5 rings (SSSR count). The molecule has 1 aromatic rings. The van der Waals surface area contributed by atoms with Crippen molar-refractivity contribution in [3.8, 4) is 0 Å². The summed E-state index contributed by atoms with van der Waals surface area (Å²) < 4.78 is 23.4. The Labute approximate surface area is 169 Å². The number of hydrogen-bond acceptors (Lipinski definition) is 7. The average Bonchev–Trinajstić information content (AvgIpc) is 3.02. The summed E-state index contributed by atoms with van der Waals surface area (Å²) in [5.74, 6) is 2.95. The van der Waals surface area contributed by atoms with Crippen LogP contribution >= 0.6 is 0 Å². The van der Waals surface area contributed by atoms with Gasteiger partial charge in [0.25, 0.3) is 0 Å². The highest BCUT2D eigenvalue weighted by Crippen LogP contribution is 2.48. The van der Waals surface area contributed by atoms with Crippen LogP contribution in [0.4, 0.5) is 11.8 Å². The summed E-state index contributed by atoms with van der Waals surface area (Å²) in [6.07, 6.45) is 6.46. The summed E-state index contributed by atoms with van der Waals surface area (Å²) in [4.78, 5) is 12.6. The van der Waals surface area contributed by atoms with E-state index < -0.39 is 10.8 Å². The van der Waals surface area contributed by atoms with Crippen LogP contribution in [0.5, 0.6) is 0 Å². The van der Waals surface area contributed by atoms with E-state index in [1.807, 2.05) is 0 Å². The van der Waals surface area contributed by atoms with Gasteiger partial charge >= 0.3 is 0 Å². The fraction of sp³-hybridized carbons (Fsp3) is 0.800. The first-order chi connectivity index (χ1) is 13.6. The molecule has 1 aliphatic carbocycles. The van der Waals surface area contributed by atoms with E-state index in [0.717, 1.165) is 99.8 Å². The van der Waals surface area contributed by atoms with Crippen molar-refractivity contribution in [2.24, 2.45) is 11.3 Å². The van der Waals surface area contributed by atoms with Gasteiger partial charge in [0.05, 0.1) is 29.7 Å². The number of nitrogens with one attached hydrogen (secondary N) is 1. The van der Waals surface area contributed by atoms with Gasteiger partial charge in [0.1, 0.15) is 10.7 Å². The largest absolute Gasteiger partial charge is 0.381 e. The molecule has 1 atom stereocenters. The highest BCUT2D eigenvalue weighted by molar-refractivity contribution is 7.85. The van der Waals surface area contributed by atoms with Crippen LogP contribution in [0.25, 0.3) is 0 Å². The highest BCUT2D eigenvalue weighted by atomic mass is 32.2. The Morgan fingerprint density at radius 3 is 2.71 bits per heavy atom. The lowest BCUT2D eigenvalue weighted by atomic mass is 9.64. The van der Waals surface area contributed by atoms with Gasteiger partial charge in [-0.05, 0) is 38.0 Å². The molecule has 28 heavy (non-hydrogen) atoms. The van der Waals surface area contributed by atoms with E-state index >= 15 is 0 Å². The van der Waals surface area contributed by atoms with Crippen molar-refractivity contribution >= 4 is 22.6 Å². The Balaban J connectivity index is 1.29. The van der Waals surface area contributed by atoms with Crippen LogP contribution in [0, 0.1) is 11.3 Å². The van der Waals surface area contributed by atoms with Gasteiger partial charge in [-0.1, -0.05) is 0 Å². The lowest BCUT2D eigenvalue weighted by molar-refractivity contribution is -0.159. The lowest BCUT2D eigenvalue weighted by Gasteiger charge is -2.53. The van der Waals surface area contributed by atoms with E-state index in [4.69, 9.17) is 19.4 Å². The predicted octanol–water partition coefficient (Wildman–Crippen LogP) is 1.98. The number of anilines is 2. The Morgan fingerprint density at radius 1 is 1.21 bits per heavy atom. The summed E-state index contributed by atoms with van der Waals surface area (Å²) >= 11 is 0. The summed E-state index contributed by atoms with van der Waals surface area (Å²) in [6, 6.07) is 0.404. The maximum Gasteiger partial charge on any atom is 0.227 e. The number of rotatable bonds is 6. The molecule has 3 aliphatic heterocycles. The standard InChI is InChI=1S/C20H30N4O3S/c1-24(6-2-14-3-7-26-8-4-14)19-22-16-5-9-28(25)17(16)18(23-19)21-15-10-20(11-15)12-27-13-20/h14-15H,2-13H2,1H3,(H,21,22,23)/t28-/m1/s1. The van der Waals surface area contributed by atoms with Crippen molar-refractivity contribution in [1.82, 2.24) is 9.97 Å². The summed E-state index contributed by atoms with van der Waals surface area (Å²) in [5, 5.41) is 3.59. The molecule has 0 amide bonds. The van der Waals surface area contributed by atoms with Crippen molar-refractivity contribution in [3.63, 3.8) is 0 Å². The van der Waals surface area contributed by atoms with Crippen LogP contribution in [0.2, 0.25) is 0 Å². The molecule has 1 spiro atoms. The molecule has 0 radical (unpaired) electrons. The first-order valence-corrected chi connectivity index (χ1v) is 11.9. The molecule has 1 aromatic heterocycles. The zero-order valence-electron chi connectivity index (χ0n) is 16.6. The van der Waals surface area contributed by atoms with Crippen molar-refractivity contribution in [1.29, 1.82) is 0 Å². The van der Waals surface area contributed by atoms with Gasteiger partial charge in [-0.25, -0.2) is 4.98 Å². The number of hydrogen-bond donors (Lipinski definition) is 1. The minimum Gasteiger partial charge on any atom is -0.381 e. The van der Waals surface area contributed by atoms with Gasteiger partial charge in [0, 0.05) is 50.4 Å². The number of ether oxygens (including phenoxy) is 2. The molecule has 4 heterocycles. The summed E-state index contributed by atoms with van der Waals surface area (Å²) in [7, 11) is 1.09. The lowest BCUT2D eigenvalue weighted by Crippen LogP contribution is -2.56. The third-order valence-electron chi connectivity index (χ3n) is 6.75. The second-order valence-electron chi connectivity index (χ2n) is 8.96. The first-order valence-electron chi connectivity index (χ1n) is 10.5. The zero-order chi connectivity index (χ0) is 19.1. The SMILES string of the molecule is CN(CCC1CCOCC1)c1nc2c(c(NC3CC4(COC4)C3)n1)[S@](=O)CC2. The van der Waals surface area contributed by atoms with Crippen LogP contribution in [0.3, 0.4) is 0 Å². The molecule has 0 bridgehead atoms. The van der Waals surface area contributed by atoms with Gasteiger partial charge in [0.2, 0.25) is 5.95 Å². The monoisotopic (exact) mass is 406 g/mol. The Hall–Kier alpha value is -1.25. The Kier molecular flexibility index (Phi) is 5.05. The van der Waals surface area contributed by atoms with E-state index in [2.05, 4.69) is 17.3 Å². The number of aromatic nitrogens is 2. The van der Waals surface area contributed by atoms with Crippen molar-refractivity contribution in [2.45, 2.75) is 49.5 Å². The zero-order valence-corrected chi connectivity index (χ0v) is 17.4. The van der Waals surface area contributed by atoms with Gasteiger partial charge in [-0.15, -0.1) is 0 Å². The molecule has 154 valence electrons. The van der Waals surface area contributed by atoms with E-state index in [-0.39, 0.29) is 0 Å². The molecule has 4 aliphatic rings. The minimum atomic E-state index is -0.984. The van der Waals surface area contributed by atoms with Crippen molar-refractivity contribution in [2.75, 3.05) is 56.0 Å². The molecule has 1 saturated carbocycles. The molecule has 1 N–H and O–H groups in total.